The summed E-state index contributed by atoms with van der Waals surface area (Å²) >= 11 is 0. The summed E-state index contributed by atoms with van der Waals surface area (Å²) in [6.07, 6.45) is 4.21. The maximum atomic E-state index is 13.1. The van der Waals surface area contributed by atoms with E-state index in [1.54, 1.807) is 6.20 Å². The Balaban J connectivity index is 1.77. The van der Waals surface area contributed by atoms with Crippen LogP contribution in [0.15, 0.2) is 24.4 Å². The van der Waals surface area contributed by atoms with Crippen molar-refractivity contribution >= 4 is 5.91 Å². The van der Waals surface area contributed by atoms with Gasteiger partial charge in [0.05, 0.1) is 17.9 Å². The Morgan fingerprint density at radius 2 is 2.20 bits per heavy atom. The van der Waals surface area contributed by atoms with E-state index in [0.717, 1.165) is 42.8 Å². The first kappa shape index (κ1) is 17.6. The third-order valence-electron chi connectivity index (χ3n) is 4.58. The van der Waals surface area contributed by atoms with E-state index in [1.165, 1.54) is 0 Å². The maximum absolute atomic E-state index is 13.1. The van der Waals surface area contributed by atoms with Crippen LogP contribution in [-0.2, 0) is 17.6 Å². The largest absolute Gasteiger partial charge is 0.369 e. The van der Waals surface area contributed by atoms with Crippen LogP contribution in [0.2, 0.25) is 0 Å². The summed E-state index contributed by atoms with van der Waals surface area (Å²) in [7, 11) is 0. The van der Waals surface area contributed by atoms with Crippen molar-refractivity contribution < 1.29 is 9.53 Å². The molecule has 1 amide bonds. The van der Waals surface area contributed by atoms with E-state index in [4.69, 9.17) is 4.74 Å². The number of ether oxygens (including phenoxy) is 1. The highest BCUT2D eigenvalue weighted by Gasteiger charge is 2.31. The normalized spacial score (nSPS) is 19.5. The maximum Gasteiger partial charge on any atom is 0.274 e. The van der Waals surface area contributed by atoms with Crippen LogP contribution in [0.3, 0.4) is 0 Å². The van der Waals surface area contributed by atoms with Crippen molar-refractivity contribution in [3.8, 4) is 0 Å². The fraction of sp³-hybridized carbons (Fsp3) is 0.526. The lowest BCUT2D eigenvalue weighted by molar-refractivity contribution is -0.00702. The van der Waals surface area contributed by atoms with Crippen molar-refractivity contribution in [3.05, 3.63) is 47.0 Å². The molecular formula is C19H26N4O2. The fourth-order valence-electron chi connectivity index (χ4n) is 3.38. The lowest BCUT2D eigenvalue weighted by Crippen LogP contribution is -2.35. The molecule has 3 heterocycles. The van der Waals surface area contributed by atoms with Crippen LogP contribution in [-0.4, -0.2) is 45.2 Å². The lowest BCUT2D eigenvalue weighted by atomic mass is 9.99. The van der Waals surface area contributed by atoms with Gasteiger partial charge in [-0.25, -0.2) is 0 Å². The van der Waals surface area contributed by atoms with Crippen molar-refractivity contribution in [3.63, 3.8) is 0 Å². The minimum atomic E-state index is -0.0547. The quantitative estimate of drug-likeness (QED) is 0.876. The number of amides is 1. The van der Waals surface area contributed by atoms with Crippen LogP contribution in [0.5, 0.6) is 0 Å². The molecule has 0 spiro atoms. The summed E-state index contributed by atoms with van der Waals surface area (Å²) in [5, 5.41) is 7.34. The van der Waals surface area contributed by atoms with Gasteiger partial charge in [0.15, 0.2) is 5.69 Å². The van der Waals surface area contributed by atoms with Crippen LogP contribution in [0.1, 0.15) is 60.7 Å². The number of H-pyrrole nitrogens is 1. The molecule has 6 heteroatoms. The Morgan fingerprint density at radius 3 is 2.92 bits per heavy atom. The molecule has 2 aromatic heterocycles. The SMILES string of the molecule is CCCN(CCc1ccccn1)C(=O)c1n[nH]c2c1C[C@H](C)O[C@@H]2C. The average Bonchev–Trinajstić information content (AvgIpc) is 3.03. The van der Waals surface area contributed by atoms with Crippen LogP contribution in [0, 0.1) is 0 Å². The number of nitrogens with one attached hydrogen (secondary N) is 1. The Hall–Kier alpha value is -2.21. The highest BCUT2D eigenvalue weighted by atomic mass is 16.5. The molecule has 0 unspecified atom stereocenters. The van der Waals surface area contributed by atoms with E-state index in [2.05, 4.69) is 22.1 Å². The molecule has 1 aliphatic heterocycles. The minimum absolute atomic E-state index is 0.00317. The zero-order valence-corrected chi connectivity index (χ0v) is 15.2. The lowest BCUT2D eigenvalue weighted by Gasteiger charge is -2.26. The van der Waals surface area contributed by atoms with Gasteiger partial charge < -0.3 is 9.64 Å². The second kappa shape index (κ2) is 7.78. The van der Waals surface area contributed by atoms with Gasteiger partial charge in [-0.3, -0.25) is 14.9 Å². The van der Waals surface area contributed by atoms with E-state index in [0.29, 0.717) is 12.2 Å². The molecule has 0 fully saturated rings. The number of carbonyl (C=O) groups excluding carboxylic acids is 1. The van der Waals surface area contributed by atoms with Gasteiger partial charge in [0.1, 0.15) is 0 Å². The third kappa shape index (κ3) is 3.90. The number of pyridine rings is 1. The van der Waals surface area contributed by atoms with E-state index >= 15 is 0 Å². The topological polar surface area (TPSA) is 71.1 Å². The molecule has 1 N–H and O–H groups in total. The summed E-state index contributed by atoms with van der Waals surface area (Å²) in [5.74, 6) is -0.00317. The number of aromatic nitrogens is 3. The highest BCUT2D eigenvalue weighted by molar-refractivity contribution is 5.94. The van der Waals surface area contributed by atoms with Crippen LogP contribution in [0.4, 0.5) is 0 Å². The smallest absolute Gasteiger partial charge is 0.274 e. The second-order valence-electron chi connectivity index (χ2n) is 6.62. The molecule has 0 bridgehead atoms. The molecule has 1 aliphatic rings. The van der Waals surface area contributed by atoms with Crippen molar-refractivity contribution in [2.45, 2.75) is 52.2 Å². The summed E-state index contributed by atoms with van der Waals surface area (Å²) in [5.41, 5.74) is 3.49. The van der Waals surface area contributed by atoms with E-state index < -0.39 is 0 Å². The third-order valence-corrected chi connectivity index (χ3v) is 4.58. The van der Waals surface area contributed by atoms with Gasteiger partial charge in [0, 0.05) is 43.4 Å². The Morgan fingerprint density at radius 1 is 1.36 bits per heavy atom. The zero-order chi connectivity index (χ0) is 17.8. The van der Waals surface area contributed by atoms with Gasteiger partial charge >= 0.3 is 0 Å². The number of fused-ring (bicyclic) bond motifs is 1. The molecule has 2 atom stereocenters. The predicted molar refractivity (Wildman–Crippen MR) is 95.4 cm³/mol. The van der Waals surface area contributed by atoms with Gasteiger partial charge in [-0.2, -0.15) is 5.10 Å². The van der Waals surface area contributed by atoms with E-state index in [-0.39, 0.29) is 18.1 Å². The molecule has 25 heavy (non-hydrogen) atoms. The summed E-state index contributed by atoms with van der Waals surface area (Å²) in [6.45, 7) is 7.47. The van der Waals surface area contributed by atoms with Crippen molar-refractivity contribution in [1.82, 2.24) is 20.1 Å². The van der Waals surface area contributed by atoms with Crippen LogP contribution >= 0.6 is 0 Å². The monoisotopic (exact) mass is 342 g/mol. The Kier molecular flexibility index (Phi) is 5.48. The average molecular weight is 342 g/mol. The summed E-state index contributed by atoms with van der Waals surface area (Å²) < 4.78 is 5.81. The minimum Gasteiger partial charge on any atom is -0.369 e. The molecule has 0 saturated carbocycles. The Bertz CT molecular complexity index is 713. The molecule has 2 aromatic rings. The molecule has 0 aromatic carbocycles. The molecule has 0 saturated heterocycles. The zero-order valence-electron chi connectivity index (χ0n) is 15.2. The number of hydrogen-bond acceptors (Lipinski definition) is 4. The van der Waals surface area contributed by atoms with Gasteiger partial charge in [-0.05, 0) is 32.4 Å². The fourth-order valence-corrected chi connectivity index (χ4v) is 3.38. The van der Waals surface area contributed by atoms with E-state index in [1.807, 2.05) is 36.9 Å². The predicted octanol–water partition coefficient (Wildman–Crippen LogP) is 2.92. The first-order chi connectivity index (χ1) is 12.1. The number of carbonyl (C=O) groups is 1. The number of hydrogen-bond donors (Lipinski definition) is 1. The van der Waals surface area contributed by atoms with Crippen molar-refractivity contribution in [2.75, 3.05) is 13.1 Å². The highest BCUT2D eigenvalue weighted by Crippen LogP contribution is 2.30. The summed E-state index contributed by atoms with van der Waals surface area (Å²) in [6, 6.07) is 5.87. The molecule has 3 rings (SSSR count). The van der Waals surface area contributed by atoms with Gasteiger partial charge in [-0.1, -0.05) is 13.0 Å². The molecule has 6 nitrogen and oxygen atoms in total. The first-order valence-electron chi connectivity index (χ1n) is 9.02. The van der Waals surface area contributed by atoms with Crippen LogP contribution in [0.25, 0.3) is 0 Å². The molecular weight excluding hydrogens is 316 g/mol. The van der Waals surface area contributed by atoms with Crippen molar-refractivity contribution in [2.24, 2.45) is 0 Å². The number of aromatic amines is 1. The Labute approximate surface area is 148 Å². The van der Waals surface area contributed by atoms with Gasteiger partial charge in [0.2, 0.25) is 0 Å². The van der Waals surface area contributed by atoms with E-state index in [9.17, 15) is 4.79 Å². The molecule has 134 valence electrons. The summed E-state index contributed by atoms with van der Waals surface area (Å²) in [4.78, 5) is 19.3. The van der Waals surface area contributed by atoms with Crippen LogP contribution < -0.4 is 0 Å². The molecule has 0 aliphatic carbocycles. The van der Waals surface area contributed by atoms with Crippen molar-refractivity contribution in [1.29, 1.82) is 0 Å². The first-order valence-corrected chi connectivity index (χ1v) is 9.02. The van der Waals surface area contributed by atoms with Gasteiger partial charge in [0.25, 0.3) is 5.91 Å². The van der Waals surface area contributed by atoms with Gasteiger partial charge in [-0.15, -0.1) is 0 Å². The number of nitrogens with zero attached hydrogens (tertiary/aromatic N) is 3. The molecule has 0 radical (unpaired) electrons. The second-order valence-corrected chi connectivity index (χ2v) is 6.62. The standard InChI is InChI=1S/C19H26N4O2/c1-4-10-23(11-8-15-7-5-6-9-20-15)19(24)18-16-12-13(2)25-14(3)17(16)21-22-18/h5-7,9,13-14H,4,8,10-12H2,1-3H3,(H,21,22)/t13-,14+/m0/s1. The number of rotatable bonds is 6.